The van der Waals surface area contributed by atoms with E-state index in [1.807, 2.05) is 12.3 Å². The summed E-state index contributed by atoms with van der Waals surface area (Å²) in [7, 11) is 0. The fraction of sp³-hybridized carbons (Fsp3) is 0.633. The van der Waals surface area contributed by atoms with Gasteiger partial charge in [0.05, 0.1) is 18.5 Å². The standard InChI is InChI=1S/C30H47NO2/c1-3-5-7-9-10-11-12-16-27-17-19-28(20-18-27)30-22-21-29(26-31-30)33-25-15-14-24-32-23-13-8-6-4-2/h17-22,26H,3-16,23-25H2,1-2H3. The highest BCUT2D eigenvalue weighted by atomic mass is 16.5. The highest BCUT2D eigenvalue weighted by Gasteiger charge is 2.02. The number of hydrogen-bond donors (Lipinski definition) is 0. The molecule has 0 N–H and O–H groups in total. The lowest BCUT2D eigenvalue weighted by Crippen LogP contribution is -2.02. The first-order chi connectivity index (χ1) is 16.3. The molecule has 0 radical (unpaired) electrons. The lowest BCUT2D eigenvalue weighted by atomic mass is 10.0. The van der Waals surface area contributed by atoms with Gasteiger partial charge in [-0.2, -0.15) is 0 Å². The maximum absolute atomic E-state index is 5.84. The van der Waals surface area contributed by atoms with Gasteiger partial charge in [-0.25, -0.2) is 0 Å². The van der Waals surface area contributed by atoms with Gasteiger partial charge in [0.2, 0.25) is 0 Å². The van der Waals surface area contributed by atoms with Crippen molar-refractivity contribution in [3.63, 3.8) is 0 Å². The van der Waals surface area contributed by atoms with Crippen molar-refractivity contribution in [3.05, 3.63) is 48.2 Å². The topological polar surface area (TPSA) is 31.4 Å². The fourth-order valence-corrected chi connectivity index (χ4v) is 3.99. The Bertz CT molecular complexity index is 696. The lowest BCUT2D eigenvalue weighted by Gasteiger charge is -2.08. The molecule has 0 fully saturated rings. The molecule has 0 aliphatic heterocycles. The second kappa shape index (κ2) is 18.5. The van der Waals surface area contributed by atoms with Crippen LogP contribution in [0.4, 0.5) is 0 Å². The number of hydrogen-bond acceptors (Lipinski definition) is 3. The molecule has 0 aliphatic rings. The van der Waals surface area contributed by atoms with E-state index in [0.29, 0.717) is 6.61 Å². The van der Waals surface area contributed by atoms with Crippen LogP contribution < -0.4 is 4.74 Å². The number of benzene rings is 1. The van der Waals surface area contributed by atoms with E-state index in [1.165, 1.54) is 88.2 Å². The van der Waals surface area contributed by atoms with Crippen molar-refractivity contribution < 1.29 is 9.47 Å². The van der Waals surface area contributed by atoms with Crippen LogP contribution in [-0.2, 0) is 11.2 Å². The van der Waals surface area contributed by atoms with Gasteiger partial charge in [-0.15, -0.1) is 0 Å². The maximum atomic E-state index is 5.84. The van der Waals surface area contributed by atoms with Crippen molar-refractivity contribution in [2.24, 2.45) is 0 Å². The van der Waals surface area contributed by atoms with Crippen LogP contribution in [0.5, 0.6) is 5.75 Å². The van der Waals surface area contributed by atoms with Crippen molar-refractivity contribution in [2.75, 3.05) is 19.8 Å². The zero-order valence-corrected chi connectivity index (χ0v) is 21.3. The van der Waals surface area contributed by atoms with Crippen LogP contribution in [0.3, 0.4) is 0 Å². The smallest absolute Gasteiger partial charge is 0.137 e. The largest absolute Gasteiger partial charge is 0.492 e. The van der Waals surface area contributed by atoms with Crippen molar-refractivity contribution >= 4 is 0 Å². The number of pyridine rings is 1. The van der Waals surface area contributed by atoms with Crippen LogP contribution in [0.15, 0.2) is 42.6 Å². The van der Waals surface area contributed by atoms with Gasteiger partial charge in [0.15, 0.2) is 0 Å². The Morgan fingerprint density at radius 1 is 0.606 bits per heavy atom. The first-order valence-electron chi connectivity index (χ1n) is 13.6. The summed E-state index contributed by atoms with van der Waals surface area (Å²) in [5, 5.41) is 0. The quantitative estimate of drug-likeness (QED) is 0.188. The summed E-state index contributed by atoms with van der Waals surface area (Å²) in [6.07, 6.45) is 19.7. The number of nitrogens with zero attached hydrogens (tertiary/aromatic N) is 1. The van der Waals surface area contributed by atoms with Gasteiger partial charge < -0.3 is 9.47 Å². The molecule has 3 nitrogen and oxygen atoms in total. The Labute approximate surface area is 203 Å². The third kappa shape index (κ3) is 12.8. The van der Waals surface area contributed by atoms with Gasteiger partial charge in [-0.3, -0.25) is 4.98 Å². The van der Waals surface area contributed by atoms with E-state index < -0.39 is 0 Å². The maximum Gasteiger partial charge on any atom is 0.137 e. The Morgan fingerprint density at radius 2 is 1.21 bits per heavy atom. The Balaban J connectivity index is 1.58. The zero-order valence-electron chi connectivity index (χ0n) is 21.3. The number of ether oxygens (including phenoxy) is 2. The number of unbranched alkanes of at least 4 members (excludes halogenated alkanes) is 10. The lowest BCUT2D eigenvalue weighted by molar-refractivity contribution is 0.122. The van der Waals surface area contributed by atoms with Crippen molar-refractivity contribution in [1.29, 1.82) is 0 Å². The molecule has 0 spiro atoms. The monoisotopic (exact) mass is 453 g/mol. The first kappa shape index (κ1) is 27.4. The minimum atomic E-state index is 0.716. The number of aromatic nitrogens is 1. The van der Waals surface area contributed by atoms with Crippen LogP contribution in [0.25, 0.3) is 11.3 Å². The molecule has 33 heavy (non-hydrogen) atoms. The van der Waals surface area contributed by atoms with Crippen molar-refractivity contribution in [1.82, 2.24) is 4.98 Å². The van der Waals surface area contributed by atoms with Crippen LogP contribution >= 0.6 is 0 Å². The molecule has 0 aliphatic carbocycles. The molecule has 1 heterocycles. The number of aryl methyl sites for hydroxylation is 1. The van der Waals surface area contributed by atoms with E-state index >= 15 is 0 Å². The molecule has 0 unspecified atom stereocenters. The zero-order chi connectivity index (χ0) is 23.4. The van der Waals surface area contributed by atoms with E-state index in [4.69, 9.17) is 9.47 Å². The Kier molecular flexibility index (Phi) is 15.4. The van der Waals surface area contributed by atoms with Crippen LogP contribution in [0.1, 0.15) is 103 Å². The van der Waals surface area contributed by atoms with E-state index in [0.717, 1.165) is 37.5 Å². The van der Waals surface area contributed by atoms with Gasteiger partial charge in [0.1, 0.15) is 5.75 Å². The molecule has 1 aromatic heterocycles. The minimum Gasteiger partial charge on any atom is -0.492 e. The summed E-state index contributed by atoms with van der Waals surface area (Å²) in [6.45, 7) is 6.96. The van der Waals surface area contributed by atoms with E-state index in [2.05, 4.69) is 49.2 Å². The van der Waals surface area contributed by atoms with Crippen LogP contribution in [0.2, 0.25) is 0 Å². The predicted octanol–water partition coefficient (Wildman–Crippen LogP) is 8.80. The Hall–Kier alpha value is -1.87. The molecule has 2 aromatic rings. The molecule has 0 atom stereocenters. The third-order valence-electron chi connectivity index (χ3n) is 6.15. The summed E-state index contributed by atoms with van der Waals surface area (Å²) in [5.41, 5.74) is 3.60. The van der Waals surface area contributed by atoms with Gasteiger partial charge in [-0.05, 0) is 49.8 Å². The van der Waals surface area contributed by atoms with Gasteiger partial charge >= 0.3 is 0 Å². The van der Waals surface area contributed by atoms with Gasteiger partial charge in [-0.1, -0.05) is 95.9 Å². The normalized spacial score (nSPS) is 11.1. The van der Waals surface area contributed by atoms with E-state index in [9.17, 15) is 0 Å². The molecular formula is C30H47NO2. The van der Waals surface area contributed by atoms with E-state index in [1.54, 1.807) is 0 Å². The number of rotatable bonds is 20. The Morgan fingerprint density at radius 3 is 1.88 bits per heavy atom. The second-order valence-corrected chi connectivity index (χ2v) is 9.18. The molecule has 1 aromatic carbocycles. The van der Waals surface area contributed by atoms with E-state index in [-0.39, 0.29) is 0 Å². The van der Waals surface area contributed by atoms with Crippen LogP contribution in [0, 0.1) is 0 Å². The minimum absolute atomic E-state index is 0.716. The molecular weight excluding hydrogens is 406 g/mol. The van der Waals surface area contributed by atoms with Gasteiger partial charge in [0, 0.05) is 18.8 Å². The molecule has 184 valence electrons. The second-order valence-electron chi connectivity index (χ2n) is 9.18. The van der Waals surface area contributed by atoms with Crippen molar-refractivity contribution in [2.45, 2.75) is 104 Å². The fourth-order valence-electron chi connectivity index (χ4n) is 3.99. The third-order valence-corrected chi connectivity index (χ3v) is 6.15. The predicted molar refractivity (Wildman–Crippen MR) is 141 cm³/mol. The molecule has 0 amide bonds. The summed E-state index contributed by atoms with van der Waals surface area (Å²) < 4.78 is 11.5. The molecule has 0 saturated carbocycles. The summed E-state index contributed by atoms with van der Waals surface area (Å²) in [5.74, 6) is 0.842. The SMILES string of the molecule is CCCCCCCCCc1ccc(-c2ccc(OCCCCOCCCCCC)cn2)cc1. The van der Waals surface area contributed by atoms with Crippen molar-refractivity contribution in [3.8, 4) is 17.0 Å². The van der Waals surface area contributed by atoms with Gasteiger partial charge in [0.25, 0.3) is 0 Å². The highest BCUT2D eigenvalue weighted by molar-refractivity contribution is 5.59. The molecule has 2 rings (SSSR count). The molecule has 0 bridgehead atoms. The summed E-state index contributed by atoms with van der Waals surface area (Å²) >= 11 is 0. The molecule has 3 heteroatoms. The summed E-state index contributed by atoms with van der Waals surface area (Å²) in [6, 6.07) is 13.0. The summed E-state index contributed by atoms with van der Waals surface area (Å²) in [4.78, 5) is 4.60. The first-order valence-corrected chi connectivity index (χ1v) is 13.6. The average Bonchev–Trinajstić information content (AvgIpc) is 2.85. The highest BCUT2D eigenvalue weighted by Crippen LogP contribution is 2.21. The average molecular weight is 454 g/mol. The molecule has 0 saturated heterocycles. The van der Waals surface area contributed by atoms with Crippen LogP contribution in [-0.4, -0.2) is 24.8 Å².